The molecule has 0 bridgehead atoms. The van der Waals surface area contributed by atoms with Gasteiger partial charge in [0.1, 0.15) is 4.90 Å². The van der Waals surface area contributed by atoms with Crippen LogP contribution < -0.4 is 5.32 Å². The van der Waals surface area contributed by atoms with Crippen LogP contribution in [0.4, 0.5) is 0 Å². The minimum atomic E-state index is -3.57. The van der Waals surface area contributed by atoms with Crippen LogP contribution in [0.15, 0.2) is 17.0 Å². The first-order chi connectivity index (χ1) is 9.93. The van der Waals surface area contributed by atoms with Crippen molar-refractivity contribution in [1.82, 2.24) is 9.62 Å². The monoisotopic (exact) mass is 350 g/mol. The van der Waals surface area contributed by atoms with Crippen molar-refractivity contribution in [3.8, 4) is 0 Å². The van der Waals surface area contributed by atoms with Crippen molar-refractivity contribution in [1.29, 1.82) is 0 Å². The SMILES string of the molecule is CCNCc1c(Cl)ccc(S(=O)(=O)N(CC)C2CC2)c1Cl. The van der Waals surface area contributed by atoms with E-state index in [0.29, 0.717) is 23.7 Å². The Balaban J connectivity index is 2.43. The van der Waals surface area contributed by atoms with Crippen LogP contribution >= 0.6 is 23.2 Å². The second kappa shape index (κ2) is 6.84. The van der Waals surface area contributed by atoms with Crippen LogP contribution in [-0.2, 0) is 16.6 Å². The van der Waals surface area contributed by atoms with Crippen molar-refractivity contribution < 1.29 is 8.42 Å². The molecule has 1 aromatic rings. The molecule has 1 aromatic carbocycles. The minimum Gasteiger partial charge on any atom is -0.313 e. The number of nitrogens with zero attached hydrogens (tertiary/aromatic N) is 1. The molecule has 0 atom stereocenters. The highest BCUT2D eigenvalue weighted by molar-refractivity contribution is 7.89. The quantitative estimate of drug-likeness (QED) is 0.820. The molecule has 0 aromatic heterocycles. The second-order valence-electron chi connectivity index (χ2n) is 5.06. The van der Waals surface area contributed by atoms with Gasteiger partial charge in [-0.3, -0.25) is 0 Å². The Morgan fingerprint density at radius 2 is 1.95 bits per heavy atom. The van der Waals surface area contributed by atoms with Gasteiger partial charge in [-0.1, -0.05) is 37.0 Å². The van der Waals surface area contributed by atoms with E-state index in [2.05, 4.69) is 5.32 Å². The molecule has 1 N–H and O–H groups in total. The zero-order valence-electron chi connectivity index (χ0n) is 12.2. The topological polar surface area (TPSA) is 49.4 Å². The van der Waals surface area contributed by atoms with E-state index in [4.69, 9.17) is 23.2 Å². The van der Waals surface area contributed by atoms with Gasteiger partial charge >= 0.3 is 0 Å². The number of sulfonamides is 1. The summed E-state index contributed by atoms with van der Waals surface area (Å²) in [4.78, 5) is 0.148. The number of hydrogen-bond acceptors (Lipinski definition) is 3. The van der Waals surface area contributed by atoms with E-state index in [0.717, 1.165) is 19.4 Å². The lowest BCUT2D eigenvalue weighted by molar-refractivity contribution is 0.421. The van der Waals surface area contributed by atoms with E-state index in [-0.39, 0.29) is 16.0 Å². The maximum atomic E-state index is 12.8. The van der Waals surface area contributed by atoms with Gasteiger partial charge in [0.05, 0.1) is 5.02 Å². The molecule has 4 nitrogen and oxygen atoms in total. The van der Waals surface area contributed by atoms with Gasteiger partial charge in [-0.05, 0) is 31.5 Å². The molecular formula is C14H20Cl2N2O2S. The Hall–Kier alpha value is -0.330. The highest BCUT2D eigenvalue weighted by Crippen LogP contribution is 2.36. The van der Waals surface area contributed by atoms with E-state index in [1.54, 1.807) is 6.07 Å². The molecular weight excluding hydrogens is 331 g/mol. The molecule has 1 saturated carbocycles. The summed E-state index contributed by atoms with van der Waals surface area (Å²) in [6.07, 6.45) is 1.84. The molecule has 2 rings (SSSR count). The number of hydrogen-bond donors (Lipinski definition) is 1. The van der Waals surface area contributed by atoms with Crippen molar-refractivity contribution in [3.05, 3.63) is 27.7 Å². The number of nitrogens with one attached hydrogen (secondary N) is 1. The summed E-state index contributed by atoms with van der Waals surface area (Å²) < 4.78 is 27.1. The summed E-state index contributed by atoms with van der Waals surface area (Å²) in [6, 6.07) is 3.22. The van der Waals surface area contributed by atoms with Crippen LogP contribution in [0.2, 0.25) is 10.0 Å². The fourth-order valence-corrected chi connectivity index (χ4v) is 4.88. The largest absolute Gasteiger partial charge is 0.313 e. The lowest BCUT2D eigenvalue weighted by Gasteiger charge is -2.21. The normalized spacial score (nSPS) is 15.7. The van der Waals surface area contributed by atoms with Gasteiger partial charge < -0.3 is 5.32 Å². The van der Waals surface area contributed by atoms with Crippen LogP contribution in [0.1, 0.15) is 32.3 Å². The Labute approximate surface area is 136 Å². The molecule has 1 aliphatic carbocycles. The third-order valence-corrected chi connectivity index (χ3v) is 6.52. The molecule has 1 fully saturated rings. The predicted octanol–water partition coefficient (Wildman–Crippen LogP) is 3.28. The Morgan fingerprint density at radius 1 is 1.29 bits per heavy atom. The summed E-state index contributed by atoms with van der Waals surface area (Å²) in [5, 5.41) is 3.83. The molecule has 7 heteroatoms. The van der Waals surface area contributed by atoms with Gasteiger partial charge in [0.25, 0.3) is 0 Å². The fraction of sp³-hybridized carbons (Fsp3) is 0.571. The average molecular weight is 351 g/mol. The Bertz CT molecular complexity index is 616. The van der Waals surface area contributed by atoms with E-state index >= 15 is 0 Å². The first-order valence-corrected chi connectivity index (χ1v) is 9.32. The summed E-state index contributed by atoms with van der Waals surface area (Å²) in [5.41, 5.74) is 0.633. The van der Waals surface area contributed by atoms with Crippen molar-refractivity contribution in [2.24, 2.45) is 0 Å². The molecule has 0 aliphatic heterocycles. The third-order valence-electron chi connectivity index (χ3n) is 3.55. The lowest BCUT2D eigenvalue weighted by atomic mass is 10.2. The van der Waals surface area contributed by atoms with Crippen LogP contribution in [-0.4, -0.2) is 31.9 Å². The third kappa shape index (κ3) is 3.54. The van der Waals surface area contributed by atoms with Gasteiger partial charge in [0.15, 0.2) is 0 Å². The zero-order valence-corrected chi connectivity index (χ0v) is 14.5. The molecule has 0 saturated heterocycles. The van der Waals surface area contributed by atoms with Crippen LogP contribution in [0, 0.1) is 0 Å². The molecule has 1 aliphatic rings. The fourth-order valence-electron chi connectivity index (χ4n) is 2.30. The second-order valence-corrected chi connectivity index (χ2v) is 7.70. The maximum Gasteiger partial charge on any atom is 0.244 e. The van der Waals surface area contributed by atoms with Crippen molar-refractivity contribution >= 4 is 33.2 Å². The number of rotatable bonds is 7. The van der Waals surface area contributed by atoms with Crippen molar-refractivity contribution in [2.45, 2.75) is 44.2 Å². The van der Waals surface area contributed by atoms with Crippen LogP contribution in [0.5, 0.6) is 0 Å². The highest BCUT2D eigenvalue weighted by atomic mass is 35.5. The lowest BCUT2D eigenvalue weighted by Crippen LogP contribution is -2.33. The molecule has 0 amide bonds. The molecule has 0 heterocycles. The van der Waals surface area contributed by atoms with E-state index in [9.17, 15) is 8.42 Å². The Kier molecular flexibility index (Phi) is 5.54. The van der Waals surface area contributed by atoms with E-state index in [1.807, 2.05) is 13.8 Å². The maximum absolute atomic E-state index is 12.8. The van der Waals surface area contributed by atoms with E-state index in [1.165, 1.54) is 10.4 Å². The summed E-state index contributed by atoms with van der Waals surface area (Å²) in [5.74, 6) is 0. The average Bonchev–Trinajstić information content (AvgIpc) is 3.23. The van der Waals surface area contributed by atoms with Gasteiger partial charge in [-0.25, -0.2) is 8.42 Å². The molecule has 21 heavy (non-hydrogen) atoms. The number of benzene rings is 1. The standard InChI is InChI=1S/C14H20Cl2N2O2S/c1-3-17-9-11-12(15)7-8-13(14(11)16)21(19,20)18(4-2)10-5-6-10/h7-8,10,17H,3-6,9H2,1-2H3. The van der Waals surface area contributed by atoms with Crippen molar-refractivity contribution in [2.75, 3.05) is 13.1 Å². The van der Waals surface area contributed by atoms with Crippen LogP contribution in [0.3, 0.4) is 0 Å². The molecule has 0 unspecified atom stereocenters. The Morgan fingerprint density at radius 3 is 2.48 bits per heavy atom. The first-order valence-electron chi connectivity index (χ1n) is 7.12. The van der Waals surface area contributed by atoms with E-state index < -0.39 is 10.0 Å². The van der Waals surface area contributed by atoms with Gasteiger partial charge in [0.2, 0.25) is 10.0 Å². The summed E-state index contributed by atoms with van der Waals surface area (Å²) >= 11 is 12.5. The minimum absolute atomic E-state index is 0.115. The van der Waals surface area contributed by atoms with Crippen LogP contribution in [0.25, 0.3) is 0 Å². The summed E-state index contributed by atoms with van der Waals surface area (Å²) in [7, 11) is -3.57. The van der Waals surface area contributed by atoms with Crippen molar-refractivity contribution in [3.63, 3.8) is 0 Å². The molecule has 118 valence electrons. The van der Waals surface area contributed by atoms with Gasteiger partial charge in [-0.15, -0.1) is 0 Å². The number of halogens is 2. The zero-order chi connectivity index (χ0) is 15.6. The molecule has 0 radical (unpaired) electrons. The smallest absolute Gasteiger partial charge is 0.244 e. The predicted molar refractivity (Wildman–Crippen MR) is 86.4 cm³/mol. The highest BCUT2D eigenvalue weighted by Gasteiger charge is 2.38. The summed E-state index contributed by atoms with van der Waals surface area (Å²) in [6.45, 7) is 5.47. The van der Waals surface area contributed by atoms with Gasteiger partial charge in [0, 0.05) is 29.7 Å². The molecule has 0 spiro atoms. The van der Waals surface area contributed by atoms with Gasteiger partial charge in [-0.2, -0.15) is 4.31 Å². The first kappa shape index (κ1) is 17.0.